The van der Waals surface area contributed by atoms with E-state index in [1.807, 2.05) is 24.3 Å². The lowest BCUT2D eigenvalue weighted by atomic mass is 10.2. The molecule has 0 saturated carbocycles. The Morgan fingerprint density at radius 2 is 2.14 bits per heavy atom. The van der Waals surface area contributed by atoms with Gasteiger partial charge >= 0.3 is 0 Å². The fraction of sp³-hybridized carbons (Fsp3) is 0.500. The Balaban J connectivity index is 2.18. The van der Waals surface area contributed by atoms with Gasteiger partial charge in [0, 0.05) is 12.3 Å². The summed E-state index contributed by atoms with van der Waals surface area (Å²) in [6.07, 6.45) is 3.64. The van der Waals surface area contributed by atoms with Crippen molar-refractivity contribution in [1.29, 1.82) is 0 Å². The summed E-state index contributed by atoms with van der Waals surface area (Å²) >= 11 is 0. The predicted molar refractivity (Wildman–Crippen MR) is 60.0 cm³/mol. The second-order valence-corrected chi connectivity index (χ2v) is 3.50. The van der Waals surface area contributed by atoms with E-state index in [0.717, 1.165) is 24.3 Å². The van der Waals surface area contributed by atoms with E-state index in [4.69, 9.17) is 10.5 Å². The smallest absolute Gasteiger partial charge is 0.0717 e. The van der Waals surface area contributed by atoms with Crippen LogP contribution in [0.25, 0.3) is 0 Å². The van der Waals surface area contributed by atoms with Crippen LogP contribution in [0.4, 0.5) is 5.69 Å². The monoisotopic (exact) mass is 193 g/mol. The van der Waals surface area contributed by atoms with Crippen molar-refractivity contribution in [2.24, 2.45) is 0 Å². The summed E-state index contributed by atoms with van der Waals surface area (Å²) < 4.78 is 5.52. The van der Waals surface area contributed by atoms with Gasteiger partial charge in [0.2, 0.25) is 0 Å². The van der Waals surface area contributed by atoms with Gasteiger partial charge in [-0.15, -0.1) is 0 Å². The SMILES string of the molecule is CCCCCOCc1cccc(N)c1. The van der Waals surface area contributed by atoms with E-state index in [0.29, 0.717) is 6.61 Å². The van der Waals surface area contributed by atoms with Gasteiger partial charge in [-0.1, -0.05) is 31.9 Å². The average molecular weight is 193 g/mol. The van der Waals surface area contributed by atoms with Gasteiger partial charge in [-0.3, -0.25) is 0 Å². The van der Waals surface area contributed by atoms with Gasteiger partial charge in [-0.2, -0.15) is 0 Å². The molecule has 0 spiro atoms. The van der Waals surface area contributed by atoms with Crippen molar-refractivity contribution in [3.63, 3.8) is 0 Å². The third kappa shape index (κ3) is 4.28. The fourth-order valence-corrected chi connectivity index (χ4v) is 1.33. The zero-order chi connectivity index (χ0) is 10.2. The summed E-state index contributed by atoms with van der Waals surface area (Å²) in [7, 11) is 0. The minimum absolute atomic E-state index is 0.675. The van der Waals surface area contributed by atoms with Gasteiger partial charge in [0.1, 0.15) is 0 Å². The maximum Gasteiger partial charge on any atom is 0.0717 e. The molecule has 0 aromatic heterocycles. The topological polar surface area (TPSA) is 35.2 Å². The Bertz CT molecular complexity index is 260. The average Bonchev–Trinajstić information content (AvgIpc) is 2.18. The van der Waals surface area contributed by atoms with E-state index in [9.17, 15) is 0 Å². The summed E-state index contributed by atoms with van der Waals surface area (Å²) in [5.74, 6) is 0. The van der Waals surface area contributed by atoms with Crippen LogP contribution in [-0.2, 0) is 11.3 Å². The highest BCUT2D eigenvalue weighted by Gasteiger charge is 1.93. The number of unbranched alkanes of at least 4 members (excludes halogenated alkanes) is 2. The molecule has 0 radical (unpaired) electrons. The summed E-state index contributed by atoms with van der Waals surface area (Å²) in [4.78, 5) is 0. The largest absolute Gasteiger partial charge is 0.399 e. The van der Waals surface area contributed by atoms with Crippen molar-refractivity contribution in [3.8, 4) is 0 Å². The molecule has 0 aliphatic heterocycles. The maximum absolute atomic E-state index is 5.65. The van der Waals surface area contributed by atoms with Crippen molar-refractivity contribution in [2.75, 3.05) is 12.3 Å². The van der Waals surface area contributed by atoms with Crippen molar-refractivity contribution in [1.82, 2.24) is 0 Å². The Kier molecular flexibility index (Phi) is 5.08. The first-order chi connectivity index (χ1) is 6.83. The molecule has 2 N–H and O–H groups in total. The maximum atomic E-state index is 5.65. The third-order valence-corrected chi connectivity index (χ3v) is 2.11. The molecular weight excluding hydrogens is 174 g/mol. The van der Waals surface area contributed by atoms with Crippen molar-refractivity contribution >= 4 is 5.69 Å². The number of anilines is 1. The number of benzene rings is 1. The van der Waals surface area contributed by atoms with Gasteiger partial charge in [-0.25, -0.2) is 0 Å². The molecule has 0 saturated heterocycles. The lowest BCUT2D eigenvalue weighted by molar-refractivity contribution is 0.117. The minimum Gasteiger partial charge on any atom is -0.399 e. The second-order valence-electron chi connectivity index (χ2n) is 3.50. The van der Waals surface area contributed by atoms with Crippen LogP contribution in [0.3, 0.4) is 0 Å². The number of nitrogen functional groups attached to an aromatic ring is 1. The molecule has 0 fully saturated rings. The molecule has 0 atom stereocenters. The Labute approximate surface area is 86.1 Å². The van der Waals surface area contributed by atoms with Gasteiger partial charge < -0.3 is 10.5 Å². The Hall–Kier alpha value is -1.02. The Morgan fingerprint density at radius 1 is 1.29 bits per heavy atom. The van der Waals surface area contributed by atoms with E-state index in [-0.39, 0.29) is 0 Å². The summed E-state index contributed by atoms with van der Waals surface area (Å²) in [5, 5.41) is 0. The number of nitrogens with two attached hydrogens (primary N) is 1. The first kappa shape index (κ1) is 11.1. The van der Waals surface area contributed by atoms with Crippen LogP contribution < -0.4 is 5.73 Å². The molecule has 78 valence electrons. The second kappa shape index (κ2) is 6.44. The van der Waals surface area contributed by atoms with Gasteiger partial charge in [0.25, 0.3) is 0 Å². The molecule has 2 nitrogen and oxygen atoms in total. The van der Waals surface area contributed by atoms with Crippen LogP contribution in [0, 0.1) is 0 Å². The lowest BCUT2D eigenvalue weighted by Crippen LogP contribution is -1.96. The first-order valence-corrected chi connectivity index (χ1v) is 5.25. The normalized spacial score (nSPS) is 10.4. The molecule has 2 heteroatoms. The highest BCUT2D eigenvalue weighted by atomic mass is 16.5. The molecule has 1 rings (SSSR count). The van der Waals surface area contributed by atoms with Crippen LogP contribution in [-0.4, -0.2) is 6.61 Å². The van der Waals surface area contributed by atoms with Crippen LogP contribution >= 0.6 is 0 Å². The summed E-state index contributed by atoms with van der Waals surface area (Å²) in [5.41, 5.74) is 7.61. The third-order valence-electron chi connectivity index (χ3n) is 2.11. The van der Waals surface area contributed by atoms with E-state index in [1.54, 1.807) is 0 Å². The highest BCUT2D eigenvalue weighted by molar-refractivity contribution is 5.40. The van der Waals surface area contributed by atoms with Crippen LogP contribution in [0.5, 0.6) is 0 Å². The molecule has 0 aliphatic rings. The predicted octanol–water partition coefficient (Wildman–Crippen LogP) is 2.98. The van der Waals surface area contributed by atoms with Crippen molar-refractivity contribution in [3.05, 3.63) is 29.8 Å². The number of hydrogen-bond acceptors (Lipinski definition) is 2. The lowest BCUT2D eigenvalue weighted by Gasteiger charge is -2.04. The van der Waals surface area contributed by atoms with Gasteiger partial charge in [-0.05, 0) is 24.1 Å². The van der Waals surface area contributed by atoms with Crippen LogP contribution in [0.1, 0.15) is 31.7 Å². The number of rotatable bonds is 6. The van der Waals surface area contributed by atoms with Gasteiger partial charge in [0.05, 0.1) is 6.61 Å². The zero-order valence-corrected chi connectivity index (χ0v) is 8.83. The quantitative estimate of drug-likeness (QED) is 0.557. The van der Waals surface area contributed by atoms with Crippen LogP contribution in [0.15, 0.2) is 24.3 Å². The summed E-state index contributed by atoms with van der Waals surface area (Å²) in [6, 6.07) is 7.84. The zero-order valence-electron chi connectivity index (χ0n) is 8.83. The molecule has 0 unspecified atom stereocenters. The van der Waals surface area contributed by atoms with Gasteiger partial charge in [0.15, 0.2) is 0 Å². The Morgan fingerprint density at radius 3 is 2.86 bits per heavy atom. The molecule has 0 bridgehead atoms. The molecular formula is C12H19NO. The molecule has 1 aromatic carbocycles. The molecule has 14 heavy (non-hydrogen) atoms. The fourth-order valence-electron chi connectivity index (χ4n) is 1.33. The highest BCUT2D eigenvalue weighted by Crippen LogP contribution is 2.08. The van der Waals surface area contributed by atoms with Crippen molar-refractivity contribution in [2.45, 2.75) is 32.8 Å². The van der Waals surface area contributed by atoms with E-state index >= 15 is 0 Å². The molecule has 0 amide bonds. The van der Waals surface area contributed by atoms with Crippen molar-refractivity contribution < 1.29 is 4.74 Å². The molecule has 0 aliphatic carbocycles. The minimum atomic E-state index is 0.675. The number of hydrogen-bond donors (Lipinski definition) is 1. The molecule has 1 aromatic rings. The van der Waals surface area contributed by atoms with E-state index < -0.39 is 0 Å². The molecule has 0 heterocycles. The first-order valence-electron chi connectivity index (χ1n) is 5.25. The summed E-state index contributed by atoms with van der Waals surface area (Å²) in [6.45, 7) is 3.72. The van der Waals surface area contributed by atoms with E-state index in [1.165, 1.54) is 12.8 Å². The standard InChI is InChI=1S/C12H19NO/c1-2-3-4-8-14-10-11-6-5-7-12(13)9-11/h5-7,9H,2-4,8,10,13H2,1H3. The number of ether oxygens (including phenoxy) is 1. The van der Waals surface area contributed by atoms with Crippen LogP contribution in [0.2, 0.25) is 0 Å². The van der Waals surface area contributed by atoms with E-state index in [2.05, 4.69) is 6.92 Å².